The van der Waals surface area contributed by atoms with Crippen molar-refractivity contribution in [3.05, 3.63) is 53.6 Å². The average Bonchev–Trinajstić information content (AvgIpc) is 3.00. The van der Waals surface area contributed by atoms with Crippen LogP contribution in [0.2, 0.25) is 0 Å². The summed E-state index contributed by atoms with van der Waals surface area (Å²) in [6, 6.07) is 6.58. The first-order valence-electron chi connectivity index (χ1n) is 8.24. The summed E-state index contributed by atoms with van der Waals surface area (Å²) in [7, 11) is 0. The molecule has 2 heterocycles. The van der Waals surface area contributed by atoms with Gasteiger partial charge in [0.05, 0.1) is 0 Å². The molecule has 0 aliphatic carbocycles. The molecule has 0 spiro atoms. The van der Waals surface area contributed by atoms with Gasteiger partial charge in [-0.15, -0.1) is 0 Å². The van der Waals surface area contributed by atoms with E-state index in [0.29, 0.717) is 26.1 Å². The van der Waals surface area contributed by atoms with Gasteiger partial charge in [-0.25, -0.2) is 14.4 Å². The minimum absolute atomic E-state index is 0.140. The highest BCUT2D eigenvalue weighted by Gasteiger charge is 2.28. The highest BCUT2D eigenvalue weighted by molar-refractivity contribution is 7.98. The summed E-state index contributed by atoms with van der Waals surface area (Å²) < 4.78 is 12.9. The number of benzene rings is 1. The molecule has 1 N–H and O–H groups in total. The number of hydrogen-bond donors (Lipinski definition) is 1. The van der Waals surface area contributed by atoms with E-state index in [1.807, 2.05) is 23.5 Å². The zero-order chi connectivity index (χ0) is 17.6. The Hall–Kier alpha value is -1.99. The fourth-order valence-corrected chi connectivity index (χ4v) is 3.16. The number of likely N-dealkylation sites (tertiary alicyclic amines) is 1. The number of nitrogens with one attached hydrogen (secondary N) is 1. The number of carbonyl (C=O) groups is 1. The van der Waals surface area contributed by atoms with E-state index < -0.39 is 0 Å². The normalized spacial score (nSPS) is 17.3. The fraction of sp³-hybridized carbons (Fsp3) is 0.389. The SMILES string of the molecule is CSc1ncc(CNC2CC(=O)N(CCc3ccc(F)cc3)C2)cn1. The van der Waals surface area contributed by atoms with E-state index in [-0.39, 0.29) is 17.8 Å². The molecule has 25 heavy (non-hydrogen) atoms. The van der Waals surface area contributed by atoms with Crippen LogP contribution in [0.1, 0.15) is 17.5 Å². The molecule has 1 aromatic heterocycles. The molecular weight excluding hydrogens is 339 g/mol. The molecule has 3 rings (SSSR count). The maximum absolute atomic E-state index is 12.9. The van der Waals surface area contributed by atoms with Crippen LogP contribution >= 0.6 is 11.8 Å². The van der Waals surface area contributed by atoms with Crippen molar-refractivity contribution in [1.29, 1.82) is 0 Å². The summed E-state index contributed by atoms with van der Waals surface area (Å²) in [5.74, 6) is -0.0756. The Morgan fingerprint density at radius 3 is 2.64 bits per heavy atom. The summed E-state index contributed by atoms with van der Waals surface area (Å²) in [6.07, 6.45) is 6.82. The third kappa shape index (κ3) is 4.99. The van der Waals surface area contributed by atoms with Gasteiger partial charge < -0.3 is 10.2 Å². The number of rotatable bonds is 7. The van der Waals surface area contributed by atoms with Crippen LogP contribution in [0.4, 0.5) is 4.39 Å². The van der Waals surface area contributed by atoms with Crippen molar-refractivity contribution in [1.82, 2.24) is 20.2 Å². The van der Waals surface area contributed by atoms with Gasteiger partial charge in [0, 0.05) is 50.1 Å². The number of carbonyl (C=O) groups excluding carboxylic acids is 1. The Labute approximate surface area is 151 Å². The number of amides is 1. The Kier molecular flexibility index (Phi) is 5.99. The molecule has 1 amide bonds. The van der Waals surface area contributed by atoms with Crippen molar-refractivity contribution in [2.24, 2.45) is 0 Å². The number of halogens is 1. The summed E-state index contributed by atoms with van der Waals surface area (Å²) in [5, 5.41) is 4.16. The molecule has 1 saturated heterocycles. The van der Waals surface area contributed by atoms with E-state index in [0.717, 1.165) is 22.7 Å². The van der Waals surface area contributed by atoms with Crippen molar-refractivity contribution in [2.45, 2.75) is 30.6 Å². The molecule has 2 aromatic rings. The maximum atomic E-state index is 12.9. The number of aromatic nitrogens is 2. The van der Waals surface area contributed by atoms with Gasteiger partial charge in [-0.05, 0) is 30.4 Å². The lowest BCUT2D eigenvalue weighted by atomic mass is 10.1. The van der Waals surface area contributed by atoms with Gasteiger partial charge in [-0.1, -0.05) is 23.9 Å². The monoisotopic (exact) mass is 360 g/mol. The maximum Gasteiger partial charge on any atom is 0.224 e. The minimum atomic E-state index is -0.236. The van der Waals surface area contributed by atoms with Crippen LogP contribution in [-0.4, -0.2) is 46.2 Å². The molecule has 1 atom stereocenters. The first kappa shape index (κ1) is 17.8. The molecular formula is C18H21FN4OS. The lowest BCUT2D eigenvalue weighted by Crippen LogP contribution is -2.33. The average molecular weight is 360 g/mol. The second-order valence-electron chi connectivity index (χ2n) is 6.08. The quantitative estimate of drug-likeness (QED) is 0.606. The lowest BCUT2D eigenvalue weighted by molar-refractivity contribution is -0.127. The minimum Gasteiger partial charge on any atom is -0.341 e. The van der Waals surface area contributed by atoms with Crippen molar-refractivity contribution < 1.29 is 9.18 Å². The Morgan fingerprint density at radius 1 is 1.24 bits per heavy atom. The summed E-state index contributed by atoms with van der Waals surface area (Å²) in [6.45, 7) is 2.01. The summed E-state index contributed by atoms with van der Waals surface area (Å²) in [5.41, 5.74) is 2.05. The van der Waals surface area contributed by atoms with Crippen molar-refractivity contribution >= 4 is 17.7 Å². The third-order valence-electron chi connectivity index (χ3n) is 4.26. The molecule has 0 radical (unpaired) electrons. The van der Waals surface area contributed by atoms with E-state index >= 15 is 0 Å². The molecule has 1 aromatic carbocycles. The van der Waals surface area contributed by atoms with Crippen molar-refractivity contribution in [3.8, 4) is 0 Å². The molecule has 132 valence electrons. The first-order chi connectivity index (χ1) is 12.1. The van der Waals surface area contributed by atoms with E-state index in [4.69, 9.17) is 0 Å². The molecule has 5 nitrogen and oxygen atoms in total. The second kappa shape index (κ2) is 8.40. The molecule has 0 saturated carbocycles. The molecule has 1 unspecified atom stereocenters. The fourth-order valence-electron chi connectivity index (χ4n) is 2.84. The number of hydrogen-bond acceptors (Lipinski definition) is 5. The molecule has 1 fully saturated rings. The Balaban J connectivity index is 1.45. The third-order valence-corrected chi connectivity index (χ3v) is 4.83. The van der Waals surface area contributed by atoms with Gasteiger partial charge in [0.2, 0.25) is 5.91 Å². The number of thioether (sulfide) groups is 1. The van der Waals surface area contributed by atoms with Crippen LogP contribution in [0.15, 0.2) is 41.8 Å². The van der Waals surface area contributed by atoms with E-state index in [1.165, 1.54) is 23.9 Å². The summed E-state index contributed by atoms with van der Waals surface area (Å²) in [4.78, 5) is 22.5. The van der Waals surface area contributed by atoms with E-state index in [9.17, 15) is 9.18 Å². The highest BCUT2D eigenvalue weighted by Crippen LogP contribution is 2.14. The number of nitrogens with zero attached hydrogens (tertiary/aromatic N) is 3. The van der Waals surface area contributed by atoms with Gasteiger partial charge >= 0.3 is 0 Å². The standard InChI is InChI=1S/C18H21FN4OS/c1-25-18-21-10-14(11-22-18)9-20-16-8-17(24)23(12-16)7-6-13-2-4-15(19)5-3-13/h2-5,10-11,16,20H,6-9,12H2,1H3. The Bertz CT molecular complexity index is 708. The van der Waals surface area contributed by atoms with E-state index in [2.05, 4.69) is 15.3 Å². The second-order valence-corrected chi connectivity index (χ2v) is 6.85. The van der Waals surface area contributed by atoms with Crippen LogP contribution in [0, 0.1) is 5.82 Å². The largest absolute Gasteiger partial charge is 0.341 e. The van der Waals surface area contributed by atoms with Crippen LogP contribution in [-0.2, 0) is 17.8 Å². The predicted octanol–water partition coefficient (Wildman–Crippen LogP) is 2.27. The zero-order valence-electron chi connectivity index (χ0n) is 14.1. The van der Waals surface area contributed by atoms with Gasteiger partial charge in [0.15, 0.2) is 5.16 Å². The van der Waals surface area contributed by atoms with Gasteiger partial charge in [0.1, 0.15) is 5.82 Å². The van der Waals surface area contributed by atoms with Gasteiger partial charge in [0.25, 0.3) is 0 Å². The van der Waals surface area contributed by atoms with Gasteiger partial charge in [-0.3, -0.25) is 4.79 Å². The van der Waals surface area contributed by atoms with Crippen molar-refractivity contribution in [2.75, 3.05) is 19.3 Å². The van der Waals surface area contributed by atoms with Crippen LogP contribution in [0.5, 0.6) is 0 Å². The highest BCUT2D eigenvalue weighted by atomic mass is 32.2. The predicted molar refractivity (Wildman–Crippen MR) is 95.7 cm³/mol. The van der Waals surface area contributed by atoms with Crippen LogP contribution in [0.3, 0.4) is 0 Å². The molecule has 1 aliphatic rings. The molecule has 7 heteroatoms. The van der Waals surface area contributed by atoms with Crippen LogP contribution in [0.25, 0.3) is 0 Å². The topological polar surface area (TPSA) is 58.1 Å². The lowest BCUT2D eigenvalue weighted by Gasteiger charge is -2.17. The summed E-state index contributed by atoms with van der Waals surface area (Å²) >= 11 is 1.51. The Morgan fingerprint density at radius 2 is 1.96 bits per heavy atom. The molecule has 0 bridgehead atoms. The van der Waals surface area contributed by atoms with Crippen molar-refractivity contribution in [3.63, 3.8) is 0 Å². The zero-order valence-corrected chi connectivity index (χ0v) is 14.9. The first-order valence-corrected chi connectivity index (χ1v) is 9.47. The molecule has 1 aliphatic heterocycles. The van der Waals surface area contributed by atoms with E-state index in [1.54, 1.807) is 12.1 Å². The smallest absolute Gasteiger partial charge is 0.224 e. The van der Waals surface area contributed by atoms with Gasteiger partial charge in [-0.2, -0.15) is 0 Å². The van der Waals surface area contributed by atoms with Crippen LogP contribution < -0.4 is 5.32 Å².